The number of carbonyl (C=O) groups excluding carboxylic acids is 2. The van der Waals surface area contributed by atoms with Crippen molar-refractivity contribution in [3.8, 4) is 6.07 Å². The maximum atomic E-state index is 11.6. The number of nitriles is 1. The molecule has 0 aliphatic rings. The van der Waals surface area contributed by atoms with Crippen LogP contribution in [0.5, 0.6) is 0 Å². The lowest BCUT2D eigenvalue weighted by molar-refractivity contribution is -0.155. The molecule has 0 saturated heterocycles. The molecule has 0 N–H and O–H groups in total. The lowest BCUT2D eigenvalue weighted by atomic mass is 9.91. The van der Waals surface area contributed by atoms with Crippen molar-refractivity contribution in [2.24, 2.45) is 5.41 Å². The number of unbranched alkanes of at least 4 members (excludes halogenated alkanes) is 1. The van der Waals surface area contributed by atoms with Crippen molar-refractivity contribution in [3.05, 3.63) is 0 Å². The minimum Gasteiger partial charge on any atom is -0.466 e. The third-order valence-corrected chi connectivity index (χ3v) is 2.89. The minimum atomic E-state index is -0.474. The quantitative estimate of drug-likeness (QED) is 0.475. The lowest BCUT2D eigenvalue weighted by Gasteiger charge is -2.20. The summed E-state index contributed by atoms with van der Waals surface area (Å²) in [7, 11) is 0. The van der Waals surface area contributed by atoms with Crippen LogP contribution in [-0.2, 0) is 19.1 Å². The molecule has 0 heterocycles. The zero-order chi connectivity index (χ0) is 14.7. The van der Waals surface area contributed by atoms with Crippen LogP contribution >= 0.6 is 0 Å². The van der Waals surface area contributed by atoms with Gasteiger partial charge in [-0.3, -0.25) is 9.59 Å². The predicted octanol–water partition coefficient (Wildman–Crippen LogP) is 2.59. The number of rotatable bonds is 9. The number of ether oxygens (including phenoxy) is 2. The van der Waals surface area contributed by atoms with Crippen LogP contribution in [0.3, 0.4) is 0 Å². The van der Waals surface area contributed by atoms with Gasteiger partial charge in [0.25, 0.3) is 0 Å². The average molecular weight is 269 g/mol. The molecular weight excluding hydrogens is 246 g/mol. The molecule has 0 aromatic carbocycles. The Morgan fingerprint density at radius 3 is 2.37 bits per heavy atom. The molecule has 0 unspecified atom stereocenters. The largest absolute Gasteiger partial charge is 0.466 e. The number of nitrogens with zero attached hydrogens (tertiary/aromatic N) is 1. The summed E-state index contributed by atoms with van der Waals surface area (Å²) < 4.78 is 10.0. The van der Waals surface area contributed by atoms with Gasteiger partial charge in [0.2, 0.25) is 0 Å². The zero-order valence-electron chi connectivity index (χ0n) is 12.0. The number of hydrogen-bond donors (Lipinski definition) is 0. The Bertz CT molecular complexity index is 331. The maximum Gasteiger partial charge on any atom is 0.311 e. The molecule has 19 heavy (non-hydrogen) atoms. The molecule has 0 radical (unpaired) electrons. The monoisotopic (exact) mass is 269 g/mol. The van der Waals surface area contributed by atoms with Crippen LogP contribution in [0.4, 0.5) is 0 Å². The molecule has 108 valence electrons. The van der Waals surface area contributed by atoms with Crippen LogP contribution in [0, 0.1) is 16.7 Å². The molecule has 5 nitrogen and oxygen atoms in total. The van der Waals surface area contributed by atoms with E-state index in [4.69, 9.17) is 14.7 Å². The normalized spacial score (nSPS) is 10.6. The Morgan fingerprint density at radius 1 is 1.16 bits per heavy atom. The summed E-state index contributed by atoms with van der Waals surface area (Å²) in [6, 6.07) is 1.98. The van der Waals surface area contributed by atoms with E-state index in [1.807, 2.05) is 26.8 Å². The first-order valence-electron chi connectivity index (χ1n) is 6.64. The van der Waals surface area contributed by atoms with Crippen LogP contribution in [0.2, 0.25) is 0 Å². The summed E-state index contributed by atoms with van der Waals surface area (Å²) in [6.07, 6.45) is 2.35. The maximum absolute atomic E-state index is 11.6. The fourth-order valence-electron chi connectivity index (χ4n) is 1.13. The molecular formula is C14H23NO4. The van der Waals surface area contributed by atoms with Crippen molar-refractivity contribution < 1.29 is 19.1 Å². The first kappa shape index (κ1) is 17.4. The average Bonchev–Trinajstić information content (AvgIpc) is 2.39. The summed E-state index contributed by atoms with van der Waals surface area (Å²) in [5.41, 5.74) is -0.474. The molecule has 0 rings (SSSR count). The van der Waals surface area contributed by atoms with Crippen molar-refractivity contribution in [1.82, 2.24) is 0 Å². The lowest BCUT2D eigenvalue weighted by Crippen LogP contribution is -2.26. The third-order valence-electron chi connectivity index (χ3n) is 2.89. The zero-order valence-corrected chi connectivity index (χ0v) is 12.0. The second-order valence-corrected chi connectivity index (χ2v) is 4.96. The number of carbonyl (C=O) groups is 2. The topological polar surface area (TPSA) is 76.4 Å². The van der Waals surface area contributed by atoms with E-state index in [-0.39, 0.29) is 31.6 Å². The summed E-state index contributed by atoms with van der Waals surface area (Å²) in [5.74, 6) is -0.555. The molecule has 0 bridgehead atoms. The Kier molecular flexibility index (Phi) is 8.60. The molecule has 0 saturated carbocycles. The first-order valence-corrected chi connectivity index (χ1v) is 6.64. The van der Waals surface area contributed by atoms with Gasteiger partial charge < -0.3 is 9.47 Å². The molecule has 0 fully saturated rings. The van der Waals surface area contributed by atoms with Gasteiger partial charge in [-0.25, -0.2) is 0 Å². The predicted molar refractivity (Wildman–Crippen MR) is 70.1 cm³/mol. The standard InChI is InChI=1S/C14H23NO4/c1-4-14(2,3)13(17)19-11-7-8-12(16)18-10-6-5-9-15/h4-8,10-11H2,1-3H3. The Morgan fingerprint density at radius 2 is 1.79 bits per heavy atom. The minimum absolute atomic E-state index is 0.229. The second-order valence-electron chi connectivity index (χ2n) is 4.96. The molecule has 5 heteroatoms. The van der Waals surface area contributed by atoms with Crippen LogP contribution in [0.1, 0.15) is 52.9 Å². The van der Waals surface area contributed by atoms with Gasteiger partial charge in [-0.15, -0.1) is 0 Å². The van der Waals surface area contributed by atoms with Crippen molar-refractivity contribution >= 4 is 11.9 Å². The molecule has 0 aromatic heterocycles. The van der Waals surface area contributed by atoms with Gasteiger partial charge in [0.1, 0.15) is 0 Å². The van der Waals surface area contributed by atoms with E-state index in [2.05, 4.69) is 0 Å². The van der Waals surface area contributed by atoms with Gasteiger partial charge in [0.05, 0.1) is 24.7 Å². The number of hydrogen-bond acceptors (Lipinski definition) is 5. The van der Waals surface area contributed by atoms with E-state index in [1.54, 1.807) is 0 Å². The second kappa shape index (κ2) is 9.37. The third kappa shape index (κ3) is 8.20. The van der Waals surface area contributed by atoms with Gasteiger partial charge >= 0.3 is 11.9 Å². The highest BCUT2D eigenvalue weighted by Gasteiger charge is 2.26. The Balaban J connectivity index is 3.62. The van der Waals surface area contributed by atoms with E-state index >= 15 is 0 Å². The molecule has 0 aromatic rings. The molecule has 0 atom stereocenters. The van der Waals surface area contributed by atoms with Gasteiger partial charge in [-0.1, -0.05) is 6.92 Å². The van der Waals surface area contributed by atoms with Crippen molar-refractivity contribution in [1.29, 1.82) is 5.26 Å². The van der Waals surface area contributed by atoms with Crippen molar-refractivity contribution in [3.63, 3.8) is 0 Å². The Labute approximate surface area is 114 Å². The highest BCUT2D eigenvalue weighted by molar-refractivity contribution is 5.75. The molecule has 0 aliphatic heterocycles. The summed E-state index contributed by atoms with van der Waals surface area (Å²) in [4.78, 5) is 22.9. The summed E-state index contributed by atoms with van der Waals surface area (Å²) in [5, 5.41) is 8.30. The van der Waals surface area contributed by atoms with Gasteiger partial charge in [0, 0.05) is 12.8 Å². The van der Waals surface area contributed by atoms with E-state index in [0.717, 1.165) is 0 Å². The molecule has 0 spiro atoms. The van der Waals surface area contributed by atoms with Crippen LogP contribution in [0.15, 0.2) is 0 Å². The smallest absolute Gasteiger partial charge is 0.311 e. The highest BCUT2D eigenvalue weighted by Crippen LogP contribution is 2.21. The van der Waals surface area contributed by atoms with Gasteiger partial charge in [0.15, 0.2) is 0 Å². The fourth-order valence-corrected chi connectivity index (χ4v) is 1.13. The van der Waals surface area contributed by atoms with Crippen molar-refractivity contribution in [2.45, 2.75) is 52.9 Å². The Hall–Kier alpha value is -1.57. The SMILES string of the molecule is CCC(C)(C)C(=O)OCCCC(=O)OCCCC#N. The van der Waals surface area contributed by atoms with E-state index in [9.17, 15) is 9.59 Å². The van der Waals surface area contributed by atoms with Crippen molar-refractivity contribution in [2.75, 3.05) is 13.2 Å². The van der Waals surface area contributed by atoms with E-state index in [0.29, 0.717) is 25.7 Å². The fraction of sp³-hybridized carbons (Fsp3) is 0.786. The van der Waals surface area contributed by atoms with Crippen LogP contribution < -0.4 is 0 Å². The van der Waals surface area contributed by atoms with E-state index in [1.165, 1.54) is 0 Å². The highest BCUT2D eigenvalue weighted by atomic mass is 16.5. The van der Waals surface area contributed by atoms with E-state index < -0.39 is 5.41 Å². The summed E-state index contributed by atoms with van der Waals surface area (Å²) in [6.45, 7) is 6.10. The molecule has 0 amide bonds. The first-order chi connectivity index (χ1) is 8.94. The number of esters is 2. The summed E-state index contributed by atoms with van der Waals surface area (Å²) >= 11 is 0. The van der Waals surface area contributed by atoms with Gasteiger partial charge in [-0.05, 0) is 33.1 Å². The van der Waals surface area contributed by atoms with Gasteiger partial charge in [-0.2, -0.15) is 5.26 Å². The molecule has 0 aliphatic carbocycles. The van der Waals surface area contributed by atoms with Crippen LogP contribution in [0.25, 0.3) is 0 Å². The van der Waals surface area contributed by atoms with Crippen LogP contribution in [-0.4, -0.2) is 25.2 Å².